The van der Waals surface area contributed by atoms with E-state index in [1.165, 1.54) is 27.8 Å². The summed E-state index contributed by atoms with van der Waals surface area (Å²) in [7, 11) is 0. The number of guanidine groups is 1. The first kappa shape index (κ1) is 12.5. The van der Waals surface area contributed by atoms with Gasteiger partial charge in [-0.2, -0.15) is 0 Å². The fourth-order valence-electron chi connectivity index (χ4n) is 3.20. The van der Waals surface area contributed by atoms with Gasteiger partial charge in [0.05, 0.1) is 6.54 Å². The minimum absolute atomic E-state index is 0.888. The molecule has 3 heteroatoms. The van der Waals surface area contributed by atoms with Crippen molar-refractivity contribution in [3.05, 3.63) is 59.2 Å². The summed E-state index contributed by atoms with van der Waals surface area (Å²) in [6.45, 7) is 2.77. The van der Waals surface area contributed by atoms with Crippen LogP contribution in [0.2, 0.25) is 0 Å². The zero-order valence-electron chi connectivity index (χ0n) is 12.0. The molecule has 106 valence electrons. The van der Waals surface area contributed by atoms with Crippen LogP contribution in [-0.2, 0) is 12.8 Å². The molecule has 0 bridgehead atoms. The quantitative estimate of drug-likeness (QED) is 0.771. The smallest absolute Gasteiger partial charge is 0.191 e. The molecular weight excluding hydrogens is 258 g/mol. The van der Waals surface area contributed by atoms with Crippen LogP contribution in [0, 0.1) is 0 Å². The van der Waals surface area contributed by atoms with E-state index >= 15 is 0 Å². The standard InChI is InChI=1S/C18H19N3/c1-2-4-16-14(3-1)12-15-11-13(5-6-17(15)16)7-8-19-18-20-9-10-21-18/h1-6,11H,7-10,12H2,(H2,19,20,21). The van der Waals surface area contributed by atoms with Crippen LogP contribution in [0.5, 0.6) is 0 Å². The molecule has 0 radical (unpaired) electrons. The number of rotatable bonds is 3. The second-order valence-electron chi connectivity index (χ2n) is 5.66. The molecule has 2 aliphatic rings. The fourth-order valence-corrected chi connectivity index (χ4v) is 3.20. The number of hydrogen-bond acceptors (Lipinski definition) is 3. The van der Waals surface area contributed by atoms with Crippen molar-refractivity contribution in [1.29, 1.82) is 0 Å². The third-order valence-corrected chi connectivity index (χ3v) is 4.24. The summed E-state index contributed by atoms with van der Waals surface area (Å²) in [5, 5.41) is 6.59. The van der Waals surface area contributed by atoms with Crippen LogP contribution in [0.1, 0.15) is 16.7 Å². The Morgan fingerprint density at radius 3 is 2.86 bits per heavy atom. The summed E-state index contributed by atoms with van der Waals surface area (Å²) < 4.78 is 0. The van der Waals surface area contributed by atoms with Crippen molar-refractivity contribution in [3.63, 3.8) is 0 Å². The predicted molar refractivity (Wildman–Crippen MR) is 86.7 cm³/mol. The summed E-state index contributed by atoms with van der Waals surface area (Å²) in [6.07, 6.45) is 2.10. The van der Waals surface area contributed by atoms with Gasteiger partial charge in [-0.3, -0.25) is 4.99 Å². The van der Waals surface area contributed by atoms with E-state index < -0.39 is 0 Å². The highest BCUT2D eigenvalue weighted by Crippen LogP contribution is 2.36. The first-order chi connectivity index (χ1) is 10.4. The molecule has 1 aliphatic carbocycles. The first-order valence-corrected chi connectivity index (χ1v) is 7.62. The van der Waals surface area contributed by atoms with Gasteiger partial charge < -0.3 is 10.6 Å². The van der Waals surface area contributed by atoms with Crippen LogP contribution < -0.4 is 10.6 Å². The number of nitrogens with one attached hydrogen (secondary N) is 2. The SMILES string of the molecule is c1ccc2c(c1)Cc1cc(CCNC3=NCCN3)ccc1-2. The summed E-state index contributed by atoms with van der Waals surface area (Å²) in [5.41, 5.74) is 7.12. The largest absolute Gasteiger partial charge is 0.356 e. The maximum absolute atomic E-state index is 4.35. The predicted octanol–water partition coefficient (Wildman–Crippen LogP) is 2.35. The Labute approximate surface area is 125 Å². The third-order valence-electron chi connectivity index (χ3n) is 4.24. The van der Waals surface area contributed by atoms with Gasteiger partial charge in [-0.25, -0.2) is 0 Å². The molecule has 0 atom stereocenters. The maximum Gasteiger partial charge on any atom is 0.191 e. The maximum atomic E-state index is 4.35. The molecule has 0 aromatic heterocycles. The van der Waals surface area contributed by atoms with Gasteiger partial charge in [0.15, 0.2) is 5.96 Å². The summed E-state index contributed by atoms with van der Waals surface area (Å²) in [5.74, 6) is 0.948. The van der Waals surface area contributed by atoms with Crippen molar-refractivity contribution >= 4 is 5.96 Å². The Balaban J connectivity index is 1.46. The van der Waals surface area contributed by atoms with E-state index in [2.05, 4.69) is 58.1 Å². The fraction of sp³-hybridized carbons (Fsp3) is 0.278. The van der Waals surface area contributed by atoms with Crippen molar-refractivity contribution in [2.75, 3.05) is 19.6 Å². The summed E-state index contributed by atoms with van der Waals surface area (Å²) in [4.78, 5) is 4.35. The second-order valence-corrected chi connectivity index (χ2v) is 5.66. The molecule has 0 amide bonds. The van der Waals surface area contributed by atoms with Crippen LogP contribution in [0.3, 0.4) is 0 Å². The van der Waals surface area contributed by atoms with Crippen molar-refractivity contribution in [2.24, 2.45) is 4.99 Å². The molecule has 2 aromatic rings. The molecule has 0 unspecified atom stereocenters. The van der Waals surface area contributed by atoms with E-state index in [1.807, 2.05) is 0 Å². The molecule has 3 nitrogen and oxygen atoms in total. The highest BCUT2D eigenvalue weighted by molar-refractivity contribution is 5.81. The lowest BCUT2D eigenvalue weighted by Gasteiger charge is -2.08. The molecule has 1 heterocycles. The van der Waals surface area contributed by atoms with Crippen LogP contribution in [0.15, 0.2) is 47.5 Å². The Hall–Kier alpha value is -2.29. The number of aliphatic imine (C=N–C) groups is 1. The van der Waals surface area contributed by atoms with Crippen molar-refractivity contribution in [3.8, 4) is 11.1 Å². The highest BCUT2D eigenvalue weighted by Gasteiger charge is 2.17. The van der Waals surface area contributed by atoms with Gasteiger partial charge in [-0.05, 0) is 40.7 Å². The monoisotopic (exact) mass is 277 g/mol. The van der Waals surface area contributed by atoms with E-state index in [0.29, 0.717) is 0 Å². The number of fused-ring (bicyclic) bond motifs is 3. The average molecular weight is 277 g/mol. The van der Waals surface area contributed by atoms with Gasteiger partial charge in [0, 0.05) is 13.1 Å². The Morgan fingerprint density at radius 2 is 1.95 bits per heavy atom. The van der Waals surface area contributed by atoms with E-state index in [0.717, 1.165) is 38.4 Å². The lowest BCUT2D eigenvalue weighted by molar-refractivity contribution is 0.836. The molecule has 1 aliphatic heterocycles. The van der Waals surface area contributed by atoms with E-state index in [4.69, 9.17) is 0 Å². The van der Waals surface area contributed by atoms with Crippen molar-refractivity contribution in [2.45, 2.75) is 12.8 Å². The van der Waals surface area contributed by atoms with Gasteiger partial charge in [0.1, 0.15) is 0 Å². The molecule has 0 fully saturated rings. The lowest BCUT2D eigenvalue weighted by atomic mass is 10.0. The van der Waals surface area contributed by atoms with Crippen molar-refractivity contribution < 1.29 is 0 Å². The van der Waals surface area contributed by atoms with E-state index in [9.17, 15) is 0 Å². The third kappa shape index (κ3) is 2.40. The number of hydrogen-bond donors (Lipinski definition) is 2. The minimum atomic E-state index is 0.888. The molecule has 0 spiro atoms. The van der Waals surface area contributed by atoms with Crippen LogP contribution in [0.4, 0.5) is 0 Å². The second kappa shape index (κ2) is 5.24. The van der Waals surface area contributed by atoms with E-state index in [-0.39, 0.29) is 0 Å². The average Bonchev–Trinajstić information content (AvgIpc) is 3.13. The lowest BCUT2D eigenvalue weighted by Crippen LogP contribution is -2.34. The molecule has 0 saturated carbocycles. The van der Waals surface area contributed by atoms with Gasteiger partial charge in [0.2, 0.25) is 0 Å². The first-order valence-electron chi connectivity index (χ1n) is 7.62. The number of benzene rings is 2. The zero-order valence-corrected chi connectivity index (χ0v) is 12.0. The number of nitrogens with zero attached hydrogens (tertiary/aromatic N) is 1. The van der Waals surface area contributed by atoms with Crippen LogP contribution in [0.25, 0.3) is 11.1 Å². The van der Waals surface area contributed by atoms with Crippen LogP contribution >= 0.6 is 0 Å². The summed E-state index contributed by atoms with van der Waals surface area (Å²) in [6, 6.07) is 15.6. The van der Waals surface area contributed by atoms with Crippen molar-refractivity contribution in [1.82, 2.24) is 10.6 Å². The molecule has 4 rings (SSSR count). The summed E-state index contributed by atoms with van der Waals surface area (Å²) >= 11 is 0. The molecular formula is C18H19N3. The van der Waals surface area contributed by atoms with Gasteiger partial charge in [0.25, 0.3) is 0 Å². The molecule has 2 aromatic carbocycles. The molecule has 2 N–H and O–H groups in total. The Morgan fingerprint density at radius 1 is 1.05 bits per heavy atom. The topological polar surface area (TPSA) is 36.4 Å². The van der Waals surface area contributed by atoms with Gasteiger partial charge >= 0.3 is 0 Å². The Kier molecular flexibility index (Phi) is 3.11. The minimum Gasteiger partial charge on any atom is -0.356 e. The van der Waals surface area contributed by atoms with Gasteiger partial charge in [-0.15, -0.1) is 0 Å². The normalized spacial score (nSPS) is 15.1. The molecule has 0 saturated heterocycles. The molecule has 21 heavy (non-hydrogen) atoms. The highest BCUT2D eigenvalue weighted by atomic mass is 15.2. The van der Waals surface area contributed by atoms with Crippen LogP contribution in [-0.4, -0.2) is 25.6 Å². The Bertz CT molecular complexity index is 703. The van der Waals surface area contributed by atoms with E-state index in [1.54, 1.807) is 0 Å². The van der Waals surface area contributed by atoms with Gasteiger partial charge in [-0.1, -0.05) is 42.5 Å². The zero-order chi connectivity index (χ0) is 14.1.